The van der Waals surface area contributed by atoms with E-state index in [1.54, 1.807) is 6.92 Å². The number of rotatable bonds is 5. The second kappa shape index (κ2) is 6.41. The number of sulfonamides is 1. The summed E-state index contributed by atoms with van der Waals surface area (Å²) in [6, 6.07) is 5.98. The van der Waals surface area contributed by atoms with Crippen LogP contribution in [0.2, 0.25) is 5.02 Å². The third-order valence-electron chi connectivity index (χ3n) is 1.97. The molecule has 6 nitrogen and oxygen atoms in total. The number of halogens is 1. The third-order valence-corrected chi connectivity index (χ3v) is 3.45. The first-order valence-corrected chi connectivity index (χ1v) is 7.26. The predicted molar refractivity (Wildman–Crippen MR) is 70.2 cm³/mol. The zero-order valence-electron chi connectivity index (χ0n) is 10.0. The van der Waals surface area contributed by atoms with Crippen LogP contribution >= 0.6 is 11.6 Å². The monoisotopic (exact) mass is 302 g/mol. The highest BCUT2D eigenvalue weighted by atomic mass is 35.5. The predicted octanol–water partition coefficient (Wildman–Crippen LogP) is 1.52. The largest absolute Gasteiger partial charge is 0.465 e. The molecule has 0 aliphatic carbocycles. The van der Waals surface area contributed by atoms with Crippen LogP contribution in [0.3, 0.4) is 0 Å². The summed E-state index contributed by atoms with van der Waals surface area (Å²) in [5.74, 6) is -1.67. The maximum absolute atomic E-state index is 11.7. The Bertz CT molecular complexity index is 622. The fourth-order valence-electron chi connectivity index (χ4n) is 1.23. The molecule has 102 valence electrons. The fraction of sp³-hybridized carbons (Fsp3) is 0.273. The van der Waals surface area contributed by atoms with E-state index in [0.717, 1.165) is 0 Å². The molecule has 1 rings (SSSR count). The number of hydrogen-bond acceptors (Lipinski definition) is 5. The minimum atomic E-state index is -3.92. The minimum absolute atomic E-state index is 0.0463. The molecule has 0 unspecified atom stereocenters. The fourth-order valence-corrected chi connectivity index (χ4v) is 2.43. The van der Waals surface area contributed by atoms with E-state index >= 15 is 0 Å². The van der Waals surface area contributed by atoms with Gasteiger partial charge in [-0.1, -0.05) is 11.6 Å². The summed E-state index contributed by atoms with van der Waals surface area (Å²) in [6.45, 7) is 1.67. The molecule has 19 heavy (non-hydrogen) atoms. The van der Waals surface area contributed by atoms with Crippen LogP contribution in [-0.2, 0) is 19.6 Å². The Morgan fingerprint density at radius 1 is 1.53 bits per heavy atom. The van der Waals surface area contributed by atoms with Gasteiger partial charge in [0.15, 0.2) is 5.75 Å². The van der Waals surface area contributed by atoms with Crippen molar-refractivity contribution in [2.45, 2.75) is 6.92 Å². The Labute approximate surface area is 116 Å². The molecule has 1 N–H and O–H groups in total. The first kappa shape index (κ1) is 15.3. The lowest BCUT2D eigenvalue weighted by Crippen LogP contribution is -2.24. The van der Waals surface area contributed by atoms with Crippen molar-refractivity contribution in [2.75, 3.05) is 17.1 Å². The average molecular weight is 303 g/mol. The van der Waals surface area contributed by atoms with Crippen molar-refractivity contribution >= 4 is 33.3 Å². The smallest absolute Gasteiger partial charge is 0.323 e. The van der Waals surface area contributed by atoms with E-state index in [2.05, 4.69) is 9.46 Å². The van der Waals surface area contributed by atoms with Crippen LogP contribution < -0.4 is 4.72 Å². The van der Waals surface area contributed by atoms with E-state index in [0.29, 0.717) is 0 Å². The lowest BCUT2D eigenvalue weighted by atomic mass is 10.2. The number of esters is 1. The molecule has 1 aromatic carbocycles. The average Bonchev–Trinajstić information content (AvgIpc) is 2.31. The van der Waals surface area contributed by atoms with Gasteiger partial charge in [-0.3, -0.25) is 9.52 Å². The lowest BCUT2D eigenvalue weighted by Gasteiger charge is -2.09. The van der Waals surface area contributed by atoms with Crippen LogP contribution in [0.4, 0.5) is 5.69 Å². The molecular formula is C11H11ClN2O4S. The van der Waals surface area contributed by atoms with Gasteiger partial charge >= 0.3 is 5.97 Å². The van der Waals surface area contributed by atoms with Crippen LogP contribution in [0.25, 0.3) is 0 Å². The molecule has 0 saturated heterocycles. The van der Waals surface area contributed by atoms with E-state index in [9.17, 15) is 13.2 Å². The van der Waals surface area contributed by atoms with Crippen LogP contribution in [0.5, 0.6) is 0 Å². The number of carbonyl (C=O) groups is 1. The highest BCUT2D eigenvalue weighted by molar-refractivity contribution is 7.93. The van der Waals surface area contributed by atoms with Crippen LogP contribution in [0.1, 0.15) is 12.5 Å². The van der Waals surface area contributed by atoms with Gasteiger partial charge in [0, 0.05) is 0 Å². The van der Waals surface area contributed by atoms with Crippen LogP contribution in [-0.4, -0.2) is 26.7 Å². The number of nitrogens with zero attached hydrogens (tertiary/aromatic N) is 1. The van der Waals surface area contributed by atoms with E-state index in [1.807, 2.05) is 6.07 Å². The zero-order chi connectivity index (χ0) is 14.5. The normalized spacial score (nSPS) is 10.6. The zero-order valence-corrected chi connectivity index (χ0v) is 11.6. The Hall–Kier alpha value is -1.78. The Kier molecular flexibility index (Phi) is 5.15. The van der Waals surface area contributed by atoms with E-state index < -0.39 is 21.7 Å². The summed E-state index contributed by atoms with van der Waals surface area (Å²) in [6.07, 6.45) is 0. The van der Waals surface area contributed by atoms with Crippen molar-refractivity contribution in [1.82, 2.24) is 0 Å². The van der Waals surface area contributed by atoms with Gasteiger partial charge in [-0.05, 0) is 25.1 Å². The molecule has 0 atom stereocenters. The summed E-state index contributed by atoms with van der Waals surface area (Å²) in [5, 5.41) is 8.85. The van der Waals surface area contributed by atoms with Crippen molar-refractivity contribution in [3.05, 3.63) is 28.8 Å². The van der Waals surface area contributed by atoms with Gasteiger partial charge in [-0.15, -0.1) is 0 Å². The van der Waals surface area contributed by atoms with Gasteiger partial charge in [0.25, 0.3) is 0 Å². The number of nitriles is 1. The maximum Gasteiger partial charge on any atom is 0.323 e. The SMILES string of the molecule is CCOC(=O)CS(=O)(=O)Nc1cc(C#N)ccc1Cl. The number of carbonyl (C=O) groups excluding carboxylic acids is 1. The number of anilines is 1. The quantitative estimate of drug-likeness (QED) is 0.832. The third kappa shape index (κ3) is 4.77. The summed E-state index contributed by atoms with van der Waals surface area (Å²) in [4.78, 5) is 11.1. The van der Waals surface area contributed by atoms with Gasteiger partial charge in [-0.25, -0.2) is 8.42 Å². The Morgan fingerprint density at radius 3 is 2.79 bits per heavy atom. The first-order valence-electron chi connectivity index (χ1n) is 5.23. The maximum atomic E-state index is 11.7. The van der Waals surface area contributed by atoms with E-state index in [1.165, 1.54) is 18.2 Å². The number of benzene rings is 1. The summed E-state index contributed by atoms with van der Waals surface area (Å²) >= 11 is 5.80. The van der Waals surface area contributed by atoms with Crippen molar-refractivity contribution in [1.29, 1.82) is 5.26 Å². The molecule has 0 spiro atoms. The number of nitrogens with one attached hydrogen (secondary N) is 1. The molecule has 0 amide bonds. The summed E-state index contributed by atoms with van der Waals surface area (Å²) < 4.78 is 30.1. The Morgan fingerprint density at radius 2 is 2.21 bits per heavy atom. The molecule has 0 radical (unpaired) electrons. The summed E-state index contributed by atoms with van der Waals surface area (Å²) in [7, 11) is -3.92. The highest BCUT2D eigenvalue weighted by Gasteiger charge is 2.18. The minimum Gasteiger partial charge on any atom is -0.465 e. The molecule has 0 aliphatic rings. The molecule has 0 bridgehead atoms. The highest BCUT2D eigenvalue weighted by Crippen LogP contribution is 2.23. The molecule has 0 aliphatic heterocycles. The summed E-state index contributed by atoms with van der Waals surface area (Å²) in [5.41, 5.74) is 0.295. The second-order valence-electron chi connectivity index (χ2n) is 3.47. The van der Waals surface area contributed by atoms with E-state index in [4.69, 9.17) is 16.9 Å². The molecule has 0 fully saturated rings. The molecule has 0 aromatic heterocycles. The second-order valence-corrected chi connectivity index (χ2v) is 5.60. The van der Waals surface area contributed by atoms with Gasteiger partial charge in [-0.2, -0.15) is 5.26 Å². The number of ether oxygens (including phenoxy) is 1. The topological polar surface area (TPSA) is 96.3 Å². The number of hydrogen-bond donors (Lipinski definition) is 1. The van der Waals surface area contributed by atoms with Crippen molar-refractivity contribution in [3.63, 3.8) is 0 Å². The van der Waals surface area contributed by atoms with Gasteiger partial charge in [0.05, 0.1) is 28.9 Å². The van der Waals surface area contributed by atoms with E-state index in [-0.39, 0.29) is 22.9 Å². The van der Waals surface area contributed by atoms with Gasteiger partial charge in [0.2, 0.25) is 10.0 Å². The molecule has 8 heteroatoms. The van der Waals surface area contributed by atoms with Crippen molar-refractivity contribution in [3.8, 4) is 6.07 Å². The van der Waals surface area contributed by atoms with Gasteiger partial charge < -0.3 is 4.74 Å². The van der Waals surface area contributed by atoms with Crippen LogP contribution in [0, 0.1) is 11.3 Å². The Balaban J connectivity index is 2.90. The molecule has 1 aromatic rings. The first-order chi connectivity index (χ1) is 8.88. The lowest BCUT2D eigenvalue weighted by molar-refractivity contribution is -0.139. The van der Waals surface area contributed by atoms with Gasteiger partial charge in [0.1, 0.15) is 0 Å². The van der Waals surface area contributed by atoms with Crippen molar-refractivity contribution in [2.24, 2.45) is 0 Å². The standard InChI is InChI=1S/C11H11ClN2O4S/c1-2-18-11(15)7-19(16,17)14-10-5-8(6-13)3-4-9(10)12/h3-5,14H,2,7H2,1H3. The molecule has 0 saturated carbocycles. The molecule has 0 heterocycles. The van der Waals surface area contributed by atoms with Crippen LogP contribution in [0.15, 0.2) is 18.2 Å². The molecular weight excluding hydrogens is 292 g/mol. The van der Waals surface area contributed by atoms with Crippen molar-refractivity contribution < 1.29 is 17.9 Å².